The van der Waals surface area contributed by atoms with Gasteiger partial charge in [0.05, 0.1) is 17.2 Å². The highest BCUT2D eigenvalue weighted by Crippen LogP contribution is 2.15. The van der Waals surface area contributed by atoms with Crippen LogP contribution in [-0.2, 0) is 0 Å². The Kier molecular flexibility index (Phi) is 2.03. The lowest BCUT2D eigenvalue weighted by molar-refractivity contribution is 0.622. The first-order valence-corrected chi connectivity index (χ1v) is 4.59. The first kappa shape index (κ1) is 8.61. The van der Waals surface area contributed by atoms with Crippen LogP contribution in [0.1, 0.15) is 0 Å². The monoisotopic (exact) mass is 290 g/mol. The van der Waals surface area contributed by atoms with Gasteiger partial charge in [-0.15, -0.1) is 0 Å². The molecule has 0 radical (unpaired) electrons. The van der Waals surface area contributed by atoms with Gasteiger partial charge in [-0.05, 0) is 28.7 Å². The van der Waals surface area contributed by atoms with Gasteiger partial charge in [-0.1, -0.05) is 0 Å². The van der Waals surface area contributed by atoms with Gasteiger partial charge in [0, 0.05) is 9.64 Å². The number of nitrogens with zero attached hydrogens (tertiary/aromatic N) is 1. The Hall–Kier alpha value is -0.980. The van der Waals surface area contributed by atoms with E-state index < -0.39 is 0 Å². The molecule has 0 aliphatic rings. The Morgan fingerprint density at radius 1 is 1.46 bits per heavy atom. The Balaban J connectivity index is 2.97. The molecular formula is C8H4FIN2O. The van der Waals surface area contributed by atoms with Gasteiger partial charge in [0.25, 0.3) is 5.56 Å². The Bertz CT molecular complexity index is 523. The van der Waals surface area contributed by atoms with E-state index in [0.717, 1.165) is 0 Å². The third-order valence-electron chi connectivity index (χ3n) is 1.68. The maximum Gasteiger partial charge on any atom is 0.258 e. The van der Waals surface area contributed by atoms with Crippen molar-refractivity contribution in [3.8, 4) is 0 Å². The molecule has 1 aromatic carbocycles. The fourth-order valence-electron chi connectivity index (χ4n) is 1.06. The molecule has 66 valence electrons. The van der Waals surface area contributed by atoms with Crippen LogP contribution in [0.3, 0.4) is 0 Å². The standard InChI is InChI=1S/C8H4FIN2O/c9-5-2-7-4(1-6(5)10)8(13)12-3-11-7/h1-3H,(H,11,12,13). The van der Waals surface area contributed by atoms with Crippen molar-refractivity contribution < 1.29 is 4.39 Å². The first-order chi connectivity index (χ1) is 6.18. The lowest BCUT2D eigenvalue weighted by atomic mass is 10.2. The Morgan fingerprint density at radius 3 is 3.00 bits per heavy atom. The second kappa shape index (κ2) is 3.06. The molecule has 0 amide bonds. The van der Waals surface area contributed by atoms with E-state index in [4.69, 9.17) is 0 Å². The summed E-state index contributed by atoms with van der Waals surface area (Å²) in [4.78, 5) is 17.5. The molecule has 1 aromatic heterocycles. The summed E-state index contributed by atoms with van der Waals surface area (Å²) in [6.07, 6.45) is 1.26. The molecule has 2 aromatic rings. The third kappa shape index (κ3) is 1.43. The number of benzene rings is 1. The summed E-state index contributed by atoms with van der Waals surface area (Å²) >= 11 is 1.83. The van der Waals surface area contributed by atoms with E-state index in [9.17, 15) is 9.18 Å². The van der Waals surface area contributed by atoms with E-state index in [1.54, 1.807) is 0 Å². The van der Waals surface area contributed by atoms with Gasteiger partial charge in [0.1, 0.15) is 5.82 Å². The van der Waals surface area contributed by atoms with Crippen LogP contribution < -0.4 is 5.56 Å². The topological polar surface area (TPSA) is 45.8 Å². The van der Waals surface area contributed by atoms with Crippen molar-refractivity contribution >= 4 is 33.5 Å². The highest BCUT2D eigenvalue weighted by Gasteiger charge is 2.04. The molecule has 0 bridgehead atoms. The summed E-state index contributed by atoms with van der Waals surface area (Å²) in [6, 6.07) is 2.74. The zero-order valence-electron chi connectivity index (χ0n) is 6.34. The van der Waals surface area contributed by atoms with Crippen LogP contribution in [0.5, 0.6) is 0 Å². The number of hydrogen-bond donors (Lipinski definition) is 1. The Labute approximate surface area is 86.1 Å². The highest BCUT2D eigenvalue weighted by molar-refractivity contribution is 14.1. The fraction of sp³-hybridized carbons (Fsp3) is 0. The van der Waals surface area contributed by atoms with Gasteiger partial charge in [0.2, 0.25) is 0 Å². The number of hydrogen-bond acceptors (Lipinski definition) is 2. The molecular weight excluding hydrogens is 286 g/mol. The lowest BCUT2D eigenvalue weighted by Crippen LogP contribution is -2.06. The lowest BCUT2D eigenvalue weighted by Gasteiger charge is -1.97. The summed E-state index contributed by atoms with van der Waals surface area (Å²) < 4.78 is 13.4. The number of aromatic nitrogens is 2. The van der Waals surface area contributed by atoms with Crippen LogP contribution in [0.25, 0.3) is 10.9 Å². The van der Waals surface area contributed by atoms with Crippen LogP contribution in [0.2, 0.25) is 0 Å². The molecule has 0 atom stereocenters. The summed E-state index contributed by atoms with van der Waals surface area (Å²) in [6.45, 7) is 0. The predicted octanol–water partition coefficient (Wildman–Crippen LogP) is 1.67. The molecule has 1 heterocycles. The smallest absolute Gasteiger partial charge is 0.258 e. The van der Waals surface area contributed by atoms with Gasteiger partial charge in [0.15, 0.2) is 0 Å². The quantitative estimate of drug-likeness (QED) is 0.750. The van der Waals surface area contributed by atoms with E-state index in [1.807, 2.05) is 22.6 Å². The van der Waals surface area contributed by atoms with Crippen molar-refractivity contribution in [2.75, 3.05) is 0 Å². The summed E-state index contributed by atoms with van der Waals surface area (Å²) in [5, 5.41) is 0.410. The second-order valence-corrected chi connectivity index (χ2v) is 3.68. The third-order valence-corrected chi connectivity index (χ3v) is 2.51. The first-order valence-electron chi connectivity index (χ1n) is 3.51. The summed E-state index contributed by atoms with van der Waals surface area (Å²) in [5.41, 5.74) is 0.129. The van der Waals surface area contributed by atoms with Crippen LogP contribution in [0, 0.1) is 9.39 Å². The van der Waals surface area contributed by atoms with E-state index in [2.05, 4.69) is 9.97 Å². The molecule has 0 spiro atoms. The van der Waals surface area contributed by atoms with E-state index in [0.29, 0.717) is 14.5 Å². The van der Waals surface area contributed by atoms with E-state index in [-0.39, 0.29) is 11.4 Å². The van der Waals surface area contributed by atoms with Crippen molar-refractivity contribution in [3.05, 3.63) is 38.2 Å². The normalized spacial score (nSPS) is 10.6. The SMILES string of the molecule is O=c1[nH]cnc2cc(F)c(I)cc12. The van der Waals surface area contributed by atoms with Gasteiger partial charge >= 0.3 is 0 Å². The summed E-state index contributed by atoms with van der Waals surface area (Å²) in [7, 11) is 0. The van der Waals surface area contributed by atoms with Crippen LogP contribution >= 0.6 is 22.6 Å². The van der Waals surface area contributed by atoms with E-state index in [1.165, 1.54) is 18.5 Å². The molecule has 13 heavy (non-hydrogen) atoms. The number of H-pyrrole nitrogens is 1. The van der Waals surface area contributed by atoms with Crippen molar-refractivity contribution in [2.45, 2.75) is 0 Å². The number of nitrogens with one attached hydrogen (secondary N) is 1. The average molecular weight is 290 g/mol. The molecule has 0 aliphatic carbocycles. The minimum atomic E-state index is -0.355. The maximum absolute atomic E-state index is 13.0. The Morgan fingerprint density at radius 2 is 2.23 bits per heavy atom. The van der Waals surface area contributed by atoms with Crippen molar-refractivity contribution in [1.29, 1.82) is 0 Å². The molecule has 0 unspecified atom stereocenters. The zero-order valence-corrected chi connectivity index (χ0v) is 8.50. The van der Waals surface area contributed by atoms with Gasteiger partial charge < -0.3 is 4.98 Å². The van der Waals surface area contributed by atoms with Gasteiger partial charge in [-0.25, -0.2) is 9.37 Å². The number of fused-ring (bicyclic) bond motifs is 1. The van der Waals surface area contributed by atoms with Gasteiger partial charge in [-0.2, -0.15) is 0 Å². The fourth-order valence-corrected chi connectivity index (χ4v) is 1.53. The molecule has 0 saturated carbocycles. The van der Waals surface area contributed by atoms with Gasteiger partial charge in [-0.3, -0.25) is 4.79 Å². The second-order valence-electron chi connectivity index (χ2n) is 2.52. The molecule has 0 aliphatic heterocycles. The molecule has 0 fully saturated rings. The van der Waals surface area contributed by atoms with Crippen LogP contribution in [0.4, 0.5) is 4.39 Å². The van der Waals surface area contributed by atoms with Crippen LogP contribution in [-0.4, -0.2) is 9.97 Å². The van der Waals surface area contributed by atoms with Crippen molar-refractivity contribution in [3.63, 3.8) is 0 Å². The minimum absolute atomic E-state index is 0.247. The molecule has 1 N–H and O–H groups in total. The largest absolute Gasteiger partial charge is 0.313 e. The molecule has 3 nitrogen and oxygen atoms in total. The molecule has 2 rings (SSSR count). The number of halogens is 2. The van der Waals surface area contributed by atoms with Crippen molar-refractivity contribution in [1.82, 2.24) is 9.97 Å². The highest BCUT2D eigenvalue weighted by atomic mass is 127. The average Bonchev–Trinajstić information content (AvgIpc) is 2.09. The molecule has 5 heteroatoms. The molecule has 0 saturated heterocycles. The number of aromatic amines is 1. The number of rotatable bonds is 0. The summed E-state index contributed by atoms with van der Waals surface area (Å²) in [5.74, 6) is -0.355. The predicted molar refractivity (Wildman–Crippen MR) is 55.0 cm³/mol. The van der Waals surface area contributed by atoms with Crippen molar-refractivity contribution in [2.24, 2.45) is 0 Å². The van der Waals surface area contributed by atoms with Crippen LogP contribution in [0.15, 0.2) is 23.3 Å². The zero-order chi connectivity index (χ0) is 9.42. The minimum Gasteiger partial charge on any atom is -0.313 e. The van der Waals surface area contributed by atoms with E-state index >= 15 is 0 Å². The maximum atomic E-state index is 13.0.